The molecule has 1 saturated heterocycles. The van der Waals surface area contributed by atoms with Gasteiger partial charge in [-0.05, 0) is 61.2 Å². The fraction of sp³-hybridized carbons (Fsp3) is 0.400. The Balaban J connectivity index is 1.69. The van der Waals surface area contributed by atoms with E-state index in [1.165, 1.54) is 29.6 Å². The van der Waals surface area contributed by atoms with Gasteiger partial charge in [-0.15, -0.1) is 0 Å². The zero-order valence-electron chi connectivity index (χ0n) is 16.6. The van der Waals surface area contributed by atoms with E-state index in [2.05, 4.69) is 4.72 Å². The number of methoxy groups -OCH3 is 1. The summed E-state index contributed by atoms with van der Waals surface area (Å²) in [6.07, 6.45) is 2.81. The summed E-state index contributed by atoms with van der Waals surface area (Å²) < 4.78 is 59.7. The molecule has 0 aromatic heterocycles. The molecule has 0 amide bonds. The smallest absolute Gasteiger partial charge is 0.243 e. The van der Waals surface area contributed by atoms with Crippen molar-refractivity contribution in [3.63, 3.8) is 0 Å². The van der Waals surface area contributed by atoms with Gasteiger partial charge in [0.25, 0.3) is 0 Å². The van der Waals surface area contributed by atoms with Crippen LogP contribution >= 0.6 is 0 Å². The van der Waals surface area contributed by atoms with Gasteiger partial charge in [-0.25, -0.2) is 21.6 Å². The van der Waals surface area contributed by atoms with Gasteiger partial charge in [0.1, 0.15) is 5.75 Å². The van der Waals surface area contributed by atoms with Crippen LogP contribution in [0.15, 0.2) is 52.3 Å². The number of piperidine rings is 1. The largest absolute Gasteiger partial charge is 0.496 e. The maximum atomic E-state index is 12.7. The van der Waals surface area contributed by atoms with Crippen molar-refractivity contribution >= 4 is 20.0 Å². The Morgan fingerprint density at radius 1 is 0.931 bits per heavy atom. The maximum Gasteiger partial charge on any atom is 0.243 e. The Morgan fingerprint density at radius 3 is 2.14 bits per heavy atom. The summed E-state index contributed by atoms with van der Waals surface area (Å²) in [4.78, 5) is 0.386. The SMILES string of the molecule is COc1ccc(S(=O)(=O)NCc2ccc(S(=O)(=O)N3CCCCC3)cc2)cc1C. The average molecular weight is 439 g/mol. The van der Waals surface area contributed by atoms with E-state index in [9.17, 15) is 16.8 Å². The minimum absolute atomic E-state index is 0.0669. The highest BCUT2D eigenvalue weighted by molar-refractivity contribution is 7.89. The van der Waals surface area contributed by atoms with Crippen LogP contribution in [0.2, 0.25) is 0 Å². The van der Waals surface area contributed by atoms with Crippen molar-refractivity contribution in [1.82, 2.24) is 9.03 Å². The Morgan fingerprint density at radius 2 is 1.55 bits per heavy atom. The second kappa shape index (κ2) is 8.83. The molecule has 0 saturated carbocycles. The molecule has 0 atom stereocenters. The molecule has 0 bridgehead atoms. The van der Waals surface area contributed by atoms with E-state index in [1.54, 1.807) is 31.2 Å². The summed E-state index contributed by atoms with van der Waals surface area (Å²) in [6, 6.07) is 11.0. The van der Waals surface area contributed by atoms with Gasteiger partial charge in [-0.2, -0.15) is 4.31 Å². The molecule has 2 aromatic rings. The predicted octanol–water partition coefficient (Wildman–Crippen LogP) is 2.66. The van der Waals surface area contributed by atoms with E-state index in [0.29, 0.717) is 24.4 Å². The van der Waals surface area contributed by atoms with Crippen molar-refractivity contribution in [2.24, 2.45) is 0 Å². The van der Waals surface area contributed by atoms with Gasteiger partial charge in [0, 0.05) is 19.6 Å². The Kier molecular flexibility index (Phi) is 6.62. The van der Waals surface area contributed by atoms with Crippen LogP contribution in [0.5, 0.6) is 5.75 Å². The topological polar surface area (TPSA) is 92.8 Å². The highest BCUT2D eigenvalue weighted by atomic mass is 32.2. The molecule has 2 aromatic carbocycles. The molecule has 9 heteroatoms. The molecule has 29 heavy (non-hydrogen) atoms. The van der Waals surface area contributed by atoms with Crippen molar-refractivity contribution in [2.45, 2.75) is 42.5 Å². The normalized spacial score (nSPS) is 15.9. The van der Waals surface area contributed by atoms with Gasteiger partial charge in [0.2, 0.25) is 20.0 Å². The van der Waals surface area contributed by atoms with E-state index >= 15 is 0 Å². The van der Waals surface area contributed by atoms with Gasteiger partial charge in [-0.1, -0.05) is 18.6 Å². The Bertz CT molecular complexity index is 1060. The monoisotopic (exact) mass is 438 g/mol. The number of ether oxygens (including phenoxy) is 1. The van der Waals surface area contributed by atoms with Crippen LogP contribution in [0.1, 0.15) is 30.4 Å². The average Bonchev–Trinajstić information content (AvgIpc) is 2.73. The molecule has 0 spiro atoms. The number of nitrogens with zero attached hydrogens (tertiary/aromatic N) is 1. The van der Waals surface area contributed by atoms with Gasteiger partial charge in [0.15, 0.2) is 0 Å². The van der Waals surface area contributed by atoms with Crippen LogP contribution in [0.3, 0.4) is 0 Å². The third kappa shape index (κ3) is 4.98. The first-order valence-corrected chi connectivity index (χ1v) is 12.4. The minimum atomic E-state index is -3.69. The second-order valence-corrected chi connectivity index (χ2v) is 10.8. The van der Waals surface area contributed by atoms with Crippen LogP contribution in [-0.4, -0.2) is 41.3 Å². The molecule has 7 nitrogen and oxygen atoms in total. The van der Waals surface area contributed by atoms with Crippen LogP contribution in [-0.2, 0) is 26.6 Å². The summed E-state index contributed by atoms with van der Waals surface area (Å²) in [5, 5.41) is 0. The van der Waals surface area contributed by atoms with Gasteiger partial charge in [-0.3, -0.25) is 0 Å². The van der Waals surface area contributed by atoms with Gasteiger partial charge in [0.05, 0.1) is 16.9 Å². The maximum absolute atomic E-state index is 12.7. The number of rotatable bonds is 7. The zero-order valence-corrected chi connectivity index (χ0v) is 18.2. The lowest BCUT2D eigenvalue weighted by Gasteiger charge is -2.25. The molecule has 1 N–H and O–H groups in total. The predicted molar refractivity (Wildman–Crippen MR) is 111 cm³/mol. The number of hydrogen-bond acceptors (Lipinski definition) is 5. The summed E-state index contributed by atoms with van der Waals surface area (Å²) in [6.45, 7) is 2.94. The standard InChI is InChI=1S/C20H26N2O5S2/c1-16-14-19(10-11-20(16)27-2)28(23,24)21-15-17-6-8-18(9-7-17)29(25,26)22-12-4-3-5-13-22/h6-11,14,21H,3-5,12-13,15H2,1-2H3. The zero-order chi connectivity index (χ0) is 21.1. The highest BCUT2D eigenvalue weighted by Gasteiger charge is 2.25. The summed E-state index contributed by atoms with van der Waals surface area (Å²) in [7, 11) is -5.66. The van der Waals surface area contributed by atoms with Gasteiger partial charge < -0.3 is 4.74 Å². The first-order valence-electron chi connectivity index (χ1n) is 9.47. The van der Waals surface area contributed by atoms with Gasteiger partial charge >= 0.3 is 0 Å². The van der Waals surface area contributed by atoms with E-state index < -0.39 is 20.0 Å². The van der Waals surface area contributed by atoms with E-state index in [-0.39, 0.29) is 16.3 Å². The fourth-order valence-electron chi connectivity index (χ4n) is 3.31. The molecule has 1 fully saturated rings. The number of benzene rings is 2. The fourth-order valence-corrected chi connectivity index (χ4v) is 5.93. The first-order chi connectivity index (χ1) is 13.7. The molecule has 3 rings (SSSR count). The number of hydrogen-bond donors (Lipinski definition) is 1. The van der Waals surface area contributed by atoms with E-state index in [1.807, 2.05) is 0 Å². The Labute approximate surface area is 172 Å². The summed E-state index contributed by atoms with van der Waals surface area (Å²) in [5.74, 6) is 0.620. The minimum Gasteiger partial charge on any atom is -0.496 e. The van der Waals surface area contributed by atoms with Crippen LogP contribution < -0.4 is 9.46 Å². The van der Waals surface area contributed by atoms with Crippen LogP contribution in [0.4, 0.5) is 0 Å². The Hall–Kier alpha value is -1.94. The third-order valence-corrected chi connectivity index (χ3v) is 8.33. The first kappa shape index (κ1) is 21.8. The molecule has 1 aliphatic rings. The molecule has 1 aliphatic heterocycles. The highest BCUT2D eigenvalue weighted by Crippen LogP contribution is 2.22. The number of nitrogens with one attached hydrogen (secondary N) is 1. The van der Waals surface area contributed by atoms with E-state index in [0.717, 1.165) is 24.8 Å². The van der Waals surface area contributed by atoms with Crippen molar-refractivity contribution in [2.75, 3.05) is 20.2 Å². The molecule has 0 unspecified atom stereocenters. The molecule has 158 valence electrons. The van der Waals surface area contributed by atoms with Crippen molar-refractivity contribution in [1.29, 1.82) is 0 Å². The van der Waals surface area contributed by atoms with Crippen LogP contribution in [0, 0.1) is 6.92 Å². The molecular weight excluding hydrogens is 412 g/mol. The summed E-state index contributed by atoms with van der Waals surface area (Å²) in [5.41, 5.74) is 1.40. The third-order valence-electron chi connectivity index (χ3n) is 5.02. The molecular formula is C20H26N2O5S2. The van der Waals surface area contributed by atoms with Crippen molar-refractivity contribution < 1.29 is 21.6 Å². The second-order valence-electron chi connectivity index (χ2n) is 7.06. The summed E-state index contributed by atoms with van der Waals surface area (Å²) >= 11 is 0. The molecule has 1 heterocycles. The lowest BCUT2D eigenvalue weighted by Crippen LogP contribution is -2.35. The van der Waals surface area contributed by atoms with Crippen molar-refractivity contribution in [3.05, 3.63) is 53.6 Å². The number of sulfonamides is 2. The van der Waals surface area contributed by atoms with Crippen molar-refractivity contribution in [3.8, 4) is 5.75 Å². The van der Waals surface area contributed by atoms with E-state index in [4.69, 9.17) is 4.74 Å². The quantitative estimate of drug-likeness (QED) is 0.717. The lowest BCUT2D eigenvalue weighted by atomic mass is 10.2. The lowest BCUT2D eigenvalue weighted by molar-refractivity contribution is 0.346. The molecule has 0 radical (unpaired) electrons. The van der Waals surface area contributed by atoms with Crippen LogP contribution in [0.25, 0.3) is 0 Å². The molecule has 0 aliphatic carbocycles. The number of aryl methyl sites for hydroxylation is 1.